The van der Waals surface area contributed by atoms with Crippen LogP contribution in [-0.4, -0.2) is 17.1 Å². The molecule has 0 aromatic rings. The van der Waals surface area contributed by atoms with Gasteiger partial charge in [0.25, 0.3) is 0 Å². The summed E-state index contributed by atoms with van der Waals surface area (Å²) in [5.41, 5.74) is 0. The molecule has 0 amide bonds. The van der Waals surface area contributed by atoms with Crippen LogP contribution in [-0.2, 0) is 4.43 Å². The highest BCUT2D eigenvalue weighted by molar-refractivity contribution is 5.97. The van der Waals surface area contributed by atoms with E-state index in [0.29, 0.717) is 0 Å². The summed E-state index contributed by atoms with van der Waals surface area (Å²) in [6, 6.07) is 0. The molecular formula is C8H18OSi. The highest BCUT2D eigenvalue weighted by Crippen LogP contribution is 2.02. The Hall–Kier alpha value is -0.0831. The van der Waals surface area contributed by atoms with E-state index in [2.05, 4.69) is 6.58 Å². The van der Waals surface area contributed by atoms with Gasteiger partial charge >= 0.3 is 0 Å². The lowest BCUT2D eigenvalue weighted by Gasteiger charge is -1.97. The van der Waals surface area contributed by atoms with Crippen LogP contribution in [0.25, 0.3) is 0 Å². The molecule has 0 aliphatic rings. The van der Waals surface area contributed by atoms with E-state index in [4.69, 9.17) is 4.43 Å². The minimum absolute atomic E-state index is 0.893. The van der Waals surface area contributed by atoms with Crippen molar-refractivity contribution < 1.29 is 4.43 Å². The number of unbranched alkanes of at least 4 members (excludes halogenated alkanes) is 4. The Morgan fingerprint density at radius 1 is 1.20 bits per heavy atom. The Morgan fingerprint density at radius 3 is 2.50 bits per heavy atom. The molecule has 0 radical (unpaired) electrons. The van der Waals surface area contributed by atoms with E-state index in [-0.39, 0.29) is 0 Å². The maximum atomic E-state index is 5.07. The van der Waals surface area contributed by atoms with Crippen LogP contribution in [0.4, 0.5) is 0 Å². The molecule has 0 N–H and O–H groups in total. The molecular weight excluding hydrogens is 140 g/mol. The van der Waals surface area contributed by atoms with Crippen molar-refractivity contribution in [2.75, 3.05) is 6.61 Å². The Morgan fingerprint density at radius 2 is 1.90 bits per heavy atom. The molecule has 60 valence electrons. The molecule has 0 heterocycles. The number of hydrogen-bond acceptors (Lipinski definition) is 1. The first-order chi connectivity index (χ1) is 4.91. The van der Waals surface area contributed by atoms with Gasteiger partial charge in [0.1, 0.15) is 10.5 Å². The smallest absolute Gasteiger partial charge is 0.145 e. The van der Waals surface area contributed by atoms with Gasteiger partial charge in [0.05, 0.1) is 0 Å². The normalized spacial score (nSPS) is 10.0. The lowest BCUT2D eigenvalue weighted by atomic mass is 10.1. The van der Waals surface area contributed by atoms with Crippen LogP contribution in [0.3, 0.4) is 0 Å². The Bertz CT molecular complexity index is 73.7. The molecule has 0 aliphatic carbocycles. The molecule has 0 aliphatic heterocycles. The predicted octanol–water partition coefficient (Wildman–Crippen LogP) is 1.42. The van der Waals surface area contributed by atoms with E-state index in [1.165, 1.54) is 32.1 Å². The minimum atomic E-state index is 0.893. The third kappa shape index (κ3) is 7.92. The fraction of sp³-hybridized carbons (Fsp3) is 0.750. The van der Waals surface area contributed by atoms with Crippen molar-refractivity contribution in [1.29, 1.82) is 0 Å². The fourth-order valence-corrected chi connectivity index (χ4v) is 1.18. The molecule has 0 saturated heterocycles. The van der Waals surface area contributed by atoms with Crippen molar-refractivity contribution in [2.24, 2.45) is 0 Å². The van der Waals surface area contributed by atoms with E-state index in [1.54, 1.807) is 0 Å². The number of hydrogen-bond donors (Lipinski definition) is 0. The van der Waals surface area contributed by atoms with Crippen molar-refractivity contribution >= 4 is 10.5 Å². The molecule has 0 unspecified atom stereocenters. The summed E-state index contributed by atoms with van der Waals surface area (Å²) in [5, 5.41) is 0. The number of allylic oxidation sites excluding steroid dienone is 1. The van der Waals surface area contributed by atoms with E-state index < -0.39 is 0 Å². The largest absolute Gasteiger partial charge is 0.428 e. The van der Waals surface area contributed by atoms with E-state index in [1.807, 2.05) is 6.08 Å². The summed E-state index contributed by atoms with van der Waals surface area (Å²) in [7, 11) is 0.893. The van der Waals surface area contributed by atoms with Crippen LogP contribution in [0, 0.1) is 0 Å². The highest BCUT2D eigenvalue weighted by Gasteiger charge is 1.86. The maximum absolute atomic E-state index is 5.07. The summed E-state index contributed by atoms with van der Waals surface area (Å²) < 4.78 is 5.07. The lowest BCUT2D eigenvalue weighted by Crippen LogP contribution is -1.88. The maximum Gasteiger partial charge on any atom is 0.145 e. The van der Waals surface area contributed by atoms with Gasteiger partial charge in [0, 0.05) is 6.61 Å². The van der Waals surface area contributed by atoms with E-state index in [9.17, 15) is 0 Å². The van der Waals surface area contributed by atoms with Crippen LogP contribution >= 0.6 is 0 Å². The van der Waals surface area contributed by atoms with Crippen molar-refractivity contribution in [2.45, 2.75) is 32.1 Å². The number of rotatable bonds is 7. The first-order valence-electron chi connectivity index (χ1n) is 4.01. The van der Waals surface area contributed by atoms with E-state index >= 15 is 0 Å². The predicted molar refractivity (Wildman–Crippen MR) is 49.2 cm³/mol. The molecule has 0 aromatic heterocycles. The van der Waals surface area contributed by atoms with Crippen LogP contribution in [0.1, 0.15) is 32.1 Å². The Balaban J connectivity index is 2.70. The molecule has 0 bridgehead atoms. The summed E-state index contributed by atoms with van der Waals surface area (Å²) in [6.07, 6.45) is 8.34. The third-order valence-corrected chi connectivity index (χ3v) is 1.91. The summed E-state index contributed by atoms with van der Waals surface area (Å²) in [5.74, 6) is 0. The zero-order valence-electron chi connectivity index (χ0n) is 6.94. The minimum Gasteiger partial charge on any atom is -0.428 e. The first-order valence-corrected chi connectivity index (χ1v) is 4.83. The molecule has 10 heavy (non-hydrogen) atoms. The van der Waals surface area contributed by atoms with Crippen molar-refractivity contribution in [3.8, 4) is 0 Å². The van der Waals surface area contributed by atoms with Gasteiger partial charge in [-0.25, -0.2) is 0 Å². The first kappa shape index (κ1) is 9.92. The topological polar surface area (TPSA) is 9.23 Å². The van der Waals surface area contributed by atoms with Crippen LogP contribution in [0.5, 0.6) is 0 Å². The second-order valence-electron chi connectivity index (χ2n) is 2.48. The van der Waals surface area contributed by atoms with Crippen molar-refractivity contribution in [1.82, 2.24) is 0 Å². The summed E-state index contributed by atoms with van der Waals surface area (Å²) in [4.78, 5) is 0. The van der Waals surface area contributed by atoms with Gasteiger partial charge in [-0.15, -0.1) is 6.58 Å². The summed E-state index contributed by atoms with van der Waals surface area (Å²) in [6.45, 7) is 4.65. The van der Waals surface area contributed by atoms with Gasteiger partial charge < -0.3 is 4.43 Å². The molecule has 0 fully saturated rings. The molecule has 0 atom stereocenters. The Labute approximate surface area is 67.0 Å². The lowest BCUT2D eigenvalue weighted by molar-refractivity contribution is 0.333. The second-order valence-corrected chi connectivity index (χ2v) is 3.06. The summed E-state index contributed by atoms with van der Waals surface area (Å²) >= 11 is 0. The highest BCUT2D eigenvalue weighted by atomic mass is 28.2. The van der Waals surface area contributed by atoms with Crippen LogP contribution < -0.4 is 0 Å². The SMILES string of the molecule is C=CCCCCCCO[SiH3]. The second kappa shape index (κ2) is 8.92. The monoisotopic (exact) mass is 158 g/mol. The average molecular weight is 158 g/mol. The molecule has 0 saturated carbocycles. The standard InChI is InChI=1S/C8H18OSi/c1-2-3-4-5-6-7-8-9-10/h2H,1,3-8H2,10H3. The van der Waals surface area contributed by atoms with Gasteiger partial charge in [-0.3, -0.25) is 0 Å². The van der Waals surface area contributed by atoms with Crippen molar-refractivity contribution in [3.63, 3.8) is 0 Å². The third-order valence-electron chi connectivity index (χ3n) is 1.51. The van der Waals surface area contributed by atoms with Crippen LogP contribution in [0.2, 0.25) is 0 Å². The fourth-order valence-electron chi connectivity index (χ4n) is 0.889. The van der Waals surface area contributed by atoms with Gasteiger partial charge in [-0.2, -0.15) is 0 Å². The van der Waals surface area contributed by atoms with Crippen molar-refractivity contribution in [3.05, 3.63) is 12.7 Å². The zero-order chi connectivity index (χ0) is 7.66. The Kier molecular flexibility index (Phi) is 8.84. The molecule has 0 spiro atoms. The molecule has 0 aromatic carbocycles. The quantitative estimate of drug-likeness (QED) is 0.309. The van der Waals surface area contributed by atoms with Gasteiger partial charge in [-0.05, 0) is 19.3 Å². The van der Waals surface area contributed by atoms with Gasteiger partial charge in [0.15, 0.2) is 0 Å². The molecule has 2 heteroatoms. The van der Waals surface area contributed by atoms with Gasteiger partial charge in [0.2, 0.25) is 0 Å². The van der Waals surface area contributed by atoms with Gasteiger partial charge in [-0.1, -0.05) is 18.9 Å². The molecule has 0 rings (SSSR count). The van der Waals surface area contributed by atoms with E-state index in [0.717, 1.165) is 17.1 Å². The molecule has 1 nitrogen and oxygen atoms in total. The van der Waals surface area contributed by atoms with Crippen LogP contribution in [0.15, 0.2) is 12.7 Å². The average Bonchev–Trinajstić information content (AvgIpc) is 1.97. The zero-order valence-corrected chi connectivity index (χ0v) is 8.94.